The lowest BCUT2D eigenvalue weighted by Gasteiger charge is -2.18. The molecular formula is C27H28N4O4. The molecule has 4 aromatic rings. The van der Waals surface area contributed by atoms with Crippen molar-refractivity contribution < 1.29 is 14.4 Å². The molecule has 0 saturated carbocycles. The van der Waals surface area contributed by atoms with E-state index in [-0.39, 0.29) is 11.6 Å². The quantitative estimate of drug-likeness (QED) is 0.257. The predicted octanol–water partition coefficient (Wildman–Crippen LogP) is 5.01. The third kappa shape index (κ3) is 5.60. The molecule has 0 radical (unpaired) electrons. The number of nitro benzene ring substituents is 1. The predicted molar refractivity (Wildman–Crippen MR) is 135 cm³/mol. The Morgan fingerprint density at radius 1 is 1.03 bits per heavy atom. The number of nitrogens with two attached hydrogens (primary N) is 1. The zero-order valence-corrected chi connectivity index (χ0v) is 19.8. The normalized spacial score (nSPS) is 11.7. The lowest BCUT2D eigenvalue weighted by atomic mass is 9.89. The van der Waals surface area contributed by atoms with Crippen LogP contribution in [0.2, 0.25) is 0 Å². The molecule has 1 heterocycles. The number of nitrogens with zero attached hydrogens (tertiary/aromatic N) is 3. The van der Waals surface area contributed by atoms with Crippen LogP contribution in [0.3, 0.4) is 0 Å². The Labute approximate surface area is 204 Å². The molecule has 180 valence electrons. The number of non-ortho nitro benzene ring substituents is 1. The first-order valence-electron chi connectivity index (χ1n) is 11.3. The summed E-state index contributed by atoms with van der Waals surface area (Å²) in [6.45, 7) is 0.693. The van der Waals surface area contributed by atoms with Crippen molar-refractivity contribution in [2.45, 2.75) is 25.3 Å². The largest absolute Gasteiger partial charge is 0.497 e. The monoisotopic (exact) mass is 472 g/mol. The number of benzene rings is 3. The van der Waals surface area contributed by atoms with E-state index in [1.54, 1.807) is 26.4 Å². The van der Waals surface area contributed by atoms with E-state index in [4.69, 9.17) is 15.2 Å². The molecule has 1 atom stereocenters. The van der Waals surface area contributed by atoms with Gasteiger partial charge in [-0.3, -0.25) is 10.1 Å². The van der Waals surface area contributed by atoms with Gasteiger partial charge in [-0.25, -0.2) is 4.98 Å². The first-order chi connectivity index (χ1) is 17.0. The molecule has 3 aromatic carbocycles. The van der Waals surface area contributed by atoms with Crippen molar-refractivity contribution in [1.29, 1.82) is 0 Å². The molecule has 0 aliphatic carbocycles. The molecule has 8 heteroatoms. The first-order valence-corrected chi connectivity index (χ1v) is 11.3. The minimum Gasteiger partial charge on any atom is -0.497 e. The SMILES string of the molecule is COc1ccc(C(Cc2cc([N+](=O)[O-])ccc2OC)c2cn(CCc3ccccc3)c(N)n2)cc1. The molecule has 0 aliphatic rings. The maximum absolute atomic E-state index is 11.4. The molecule has 35 heavy (non-hydrogen) atoms. The third-order valence-electron chi connectivity index (χ3n) is 6.08. The summed E-state index contributed by atoms with van der Waals surface area (Å²) in [6.07, 6.45) is 3.25. The van der Waals surface area contributed by atoms with E-state index in [9.17, 15) is 10.1 Å². The van der Waals surface area contributed by atoms with Crippen LogP contribution in [0.5, 0.6) is 11.5 Å². The highest BCUT2D eigenvalue weighted by molar-refractivity contribution is 5.46. The second kappa shape index (κ2) is 10.7. The highest BCUT2D eigenvalue weighted by Gasteiger charge is 2.23. The second-order valence-corrected chi connectivity index (χ2v) is 8.24. The Morgan fingerprint density at radius 3 is 2.43 bits per heavy atom. The number of nitro groups is 1. The summed E-state index contributed by atoms with van der Waals surface area (Å²) in [5.74, 6) is 1.57. The van der Waals surface area contributed by atoms with Crippen LogP contribution in [0, 0.1) is 10.1 Å². The van der Waals surface area contributed by atoms with Gasteiger partial charge < -0.3 is 19.8 Å². The highest BCUT2D eigenvalue weighted by atomic mass is 16.6. The summed E-state index contributed by atoms with van der Waals surface area (Å²) < 4.78 is 12.8. The van der Waals surface area contributed by atoms with E-state index in [1.165, 1.54) is 11.6 Å². The average molecular weight is 473 g/mol. The van der Waals surface area contributed by atoms with Crippen molar-refractivity contribution >= 4 is 11.6 Å². The topological polar surface area (TPSA) is 105 Å². The maximum Gasteiger partial charge on any atom is 0.269 e. The number of imidazole rings is 1. The molecule has 1 aromatic heterocycles. The second-order valence-electron chi connectivity index (χ2n) is 8.24. The number of ether oxygens (including phenoxy) is 2. The van der Waals surface area contributed by atoms with Gasteiger partial charge in [0, 0.05) is 36.4 Å². The van der Waals surface area contributed by atoms with Crippen LogP contribution in [0.25, 0.3) is 0 Å². The molecule has 0 amide bonds. The number of aromatic nitrogens is 2. The minimum atomic E-state index is -0.401. The third-order valence-corrected chi connectivity index (χ3v) is 6.08. The summed E-state index contributed by atoms with van der Waals surface area (Å²) in [6, 6.07) is 22.6. The van der Waals surface area contributed by atoms with Crippen LogP contribution < -0.4 is 15.2 Å². The van der Waals surface area contributed by atoms with Gasteiger partial charge in [-0.15, -0.1) is 0 Å². The van der Waals surface area contributed by atoms with Crippen LogP contribution in [-0.4, -0.2) is 28.7 Å². The van der Waals surface area contributed by atoms with E-state index >= 15 is 0 Å². The fourth-order valence-electron chi connectivity index (χ4n) is 4.18. The zero-order valence-electron chi connectivity index (χ0n) is 19.8. The molecule has 0 saturated heterocycles. The minimum absolute atomic E-state index is 0.0159. The van der Waals surface area contributed by atoms with E-state index in [0.717, 1.165) is 29.0 Å². The van der Waals surface area contributed by atoms with Crippen LogP contribution in [0.4, 0.5) is 11.6 Å². The van der Waals surface area contributed by atoms with Gasteiger partial charge in [-0.05, 0) is 42.2 Å². The van der Waals surface area contributed by atoms with Crippen molar-refractivity contribution in [3.05, 3.63) is 111 Å². The lowest BCUT2D eigenvalue weighted by molar-refractivity contribution is -0.384. The standard InChI is InChI=1S/C27H28N4O4/c1-34-23-11-8-20(9-12-23)24(17-21-16-22(31(32)33)10-13-26(21)35-2)25-18-30(27(28)29-25)15-14-19-6-4-3-5-7-19/h3-13,16,18,24H,14-15,17H2,1-2H3,(H2,28,29). The van der Waals surface area contributed by atoms with Gasteiger partial charge in [0.2, 0.25) is 0 Å². The molecule has 0 spiro atoms. The fraction of sp³-hybridized carbons (Fsp3) is 0.222. The Morgan fingerprint density at radius 2 is 1.77 bits per heavy atom. The van der Waals surface area contributed by atoms with Gasteiger partial charge in [-0.1, -0.05) is 42.5 Å². The van der Waals surface area contributed by atoms with Crippen LogP contribution in [0.1, 0.15) is 28.3 Å². The van der Waals surface area contributed by atoms with Gasteiger partial charge in [-0.2, -0.15) is 0 Å². The first kappa shape index (κ1) is 23.8. The zero-order chi connectivity index (χ0) is 24.8. The molecule has 0 aliphatic heterocycles. The van der Waals surface area contributed by atoms with Crippen molar-refractivity contribution in [3.63, 3.8) is 0 Å². The van der Waals surface area contributed by atoms with E-state index in [1.807, 2.05) is 53.2 Å². The Bertz CT molecular complexity index is 1290. The van der Waals surface area contributed by atoms with Gasteiger partial charge in [0.15, 0.2) is 5.95 Å². The van der Waals surface area contributed by atoms with Gasteiger partial charge >= 0.3 is 0 Å². The smallest absolute Gasteiger partial charge is 0.269 e. The molecule has 1 unspecified atom stereocenters. The molecule has 0 bridgehead atoms. The van der Waals surface area contributed by atoms with Crippen molar-refractivity contribution in [2.75, 3.05) is 20.0 Å². The highest BCUT2D eigenvalue weighted by Crippen LogP contribution is 2.34. The van der Waals surface area contributed by atoms with Gasteiger partial charge in [0.1, 0.15) is 11.5 Å². The number of nitrogen functional groups attached to an aromatic ring is 1. The van der Waals surface area contributed by atoms with E-state index < -0.39 is 4.92 Å². The van der Waals surface area contributed by atoms with E-state index in [0.29, 0.717) is 24.7 Å². The summed E-state index contributed by atoms with van der Waals surface area (Å²) in [7, 11) is 3.18. The molecular weight excluding hydrogens is 444 g/mol. The fourth-order valence-corrected chi connectivity index (χ4v) is 4.18. The number of hydrogen-bond acceptors (Lipinski definition) is 6. The lowest BCUT2D eigenvalue weighted by Crippen LogP contribution is -2.08. The Kier molecular flexibility index (Phi) is 7.30. The number of methoxy groups -OCH3 is 2. The Balaban J connectivity index is 1.69. The molecule has 2 N–H and O–H groups in total. The maximum atomic E-state index is 11.4. The summed E-state index contributed by atoms with van der Waals surface area (Å²) in [5.41, 5.74) is 10.0. The number of hydrogen-bond donors (Lipinski definition) is 1. The number of aryl methyl sites for hydroxylation is 2. The number of anilines is 1. The van der Waals surface area contributed by atoms with Gasteiger partial charge in [0.05, 0.1) is 24.8 Å². The van der Waals surface area contributed by atoms with Crippen LogP contribution in [-0.2, 0) is 19.4 Å². The Hall–Kier alpha value is -4.33. The van der Waals surface area contributed by atoms with Crippen molar-refractivity contribution in [3.8, 4) is 11.5 Å². The summed E-state index contributed by atoms with van der Waals surface area (Å²) in [5, 5.41) is 11.4. The molecule has 8 nitrogen and oxygen atoms in total. The van der Waals surface area contributed by atoms with Crippen molar-refractivity contribution in [2.24, 2.45) is 0 Å². The van der Waals surface area contributed by atoms with Gasteiger partial charge in [0.25, 0.3) is 5.69 Å². The molecule has 0 fully saturated rings. The van der Waals surface area contributed by atoms with Crippen LogP contribution in [0.15, 0.2) is 79.0 Å². The summed E-state index contributed by atoms with van der Waals surface area (Å²) >= 11 is 0. The summed E-state index contributed by atoms with van der Waals surface area (Å²) in [4.78, 5) is 15.7. The molecule has 4 rings (SSSR count). The van der Waals surface area contributed by atoms with E-state index in [2.05, 4.69) is 17.1 Å². The van der Waals surface area contributed by atoms with Crippen molar-refractivity contribution in [1.82, 2.24) is 9.55 Å². The average Bonchev–Trinajstić information content (AvgIpc) is 3.26. The van der Waals surface area contributed by atoms with Crippen LogP contribution >= 0.6 is 0 Å². The number of rotatable bonds is 10.